The van der Waals surface area contributed by atoms with E-state index in [4.69, 9.17) is 10.5 Å². The molecule has 112 valence electrons. The number of benzene rings is 1. The molecule has 0 aliphatic carbocycles. The molecule has 1 amide bonds. The SMILES string of the molecule is CCC1COCCN1C(=O)c1cc(F)ccc1C#CCN. The highest BCUT2D eigenvalue weighted by Gasteiger charge is 2.28. The van der Waals surface area contributed by atoms with Gasteiger partial charge < -0.3 is 15.4 Å². The van der Waals surface area contributed by atoms with Crippen molar-refractivity contribution in [3.05, 3.63) is 35.1 Å². The molecule has 1 aliphatic rings. The van der Waals surface area contributed by atoms with Crippen molar-refractivity contribution in [2.75, 3.05) is 26.3 Å². The molecule has 1 atom stereocenters. The molecule has 1 saturated heterocycles. The van der Waals surface area contributed by atoms with Crippen LogP contribution in [-0.2, 0) is 4.74 Å². The van der Waals surface area contributed by atoms with Crippen molar-refractivity contribution in [2.45, 2.75) is 19.4 Å². The van der Waals surface area contributed by atoms with E-state index in [0.29, 0.717) is 25.3 Å². The normalized spacial score (nSPS) is 18.0. The third-order valence-electron chi connectivity index (χ3n) is 3.50. The van der Waals surface area contributed by atoms with Crippen LogP contribution >= 0.6 is 0 Å². The van der Waals surface area contributed by atoms with E-state index in [1.807, 2.05) is 6.92 Å². The van der Waals surface area contributed by atoms with Crippen molar-refractivity contribution in [3.8, 4) is 11.8 Å². The van der Waals surface area contributed by atoms with E-state index in [0.717, 1.165) is 6.42 Å². The zero-order valence-corrected chi connectivity index (χ0v) is 12.1. The number of hydrogen-bond donors (Lipinski definition) is 1. The zero-order valence-electron chi connectivity index (χ0n) is 12.1. The van der Waals surface area contributed by atoms with Crippen LogP contribution in [0.15, 0.2) is 18.2 Å². The van der Waals surface area contributed by atoms with Gasteiger partial charge in [0, 0.05) is 12.1 Å². The Hall–Kier alpha value is -1.90. The number of amides is 1. The highest BCUT2D eigenvalue weighted by Crippen LogP contribution is 2.18. The molecule has 2 rings (SSSR count). The van der Waals surface area contributed by atoms with E-state index < -0.39 is 5.82 Å². The van der Waals surface area contributed by atoms with E-state index in [9.17, 15) is 9.18 Å². The summed E-state index contributed by atoms with van der Waals surface area (Å²) in [7, 11) is 0. The number of morpholine rings is 1. The fourth-order valence-electron chi connectivity index (χ4n) is 2.36. The molecule has 1 aromatic carbocycles. The fourth-order valence-corrected chi connectivity index (χ4v) is 2.36. The maximum absolute atomic E-state index is 13.5. The molecule has 1 unspecified atom stereocenters. The van der Waals surface area contributed by atoms with Crippen LogP contribution in [0.2, 0.25) is 0 Å². The van der Waals surface area contributed by atoms with Gasteiger partial charge in [-0.25, -0.2) is 4.39 Å². The van der Waals surface area contributed by atoms with Crippen molar-refractivity contribution >= 4 is 5.91 Å². The average Bonchev–Trinajstić information content (AvgIpc) is 2.53. The number of nitrogens with zero attached hydrogens (tertiary/aromatic N) is 1. The Balaban J connectivity index is 2.35. The molecule has 1 aromatic rings. The first-order chi connectivity index (χ1) is 10.2. The monoisotopic (exact) mass is 290 g/mol. The molecule has 1 aliphatic heterocycles. The molecule has 2 N–H and O–H groups in total. The smallest absolute Gasteiger partial charge is 0.255 e. The van der Waals surface area contributed by atoms with Gasteiger partial charge >= 0.3 is 0 Å². The third kappa shape index (κ3) is 3.60. The van der Waals surface area contributed by atoms with Gasteiger partial charge in [-0.15, -0.1) is 0 Å². The lowest BCUT2D eigenvalue weighted by molar-refractivity contribution is -0.00283. The maximum Gasteiger partial charge on any atom is 0.255 e. The quantitative estimate of drug-likeness (QED) is 0.837. The summed E-state index contributed by atoms with van der Waals surface area (Å²) in [6, 6.07) is 4.08. The lowest BCUT2D eigenvalue weighted by Gasteiger charge is -2.35. The first-order valence-electron chi connectivity index (χ1n) is 7.04. The van der Waals surface area contributed by atoms with Gasteiger partial charge in [0.05, 0.1) is 31.4 Å². The van der Waals surface area contributed by atoms with Crippen LogP contribution < -0.4 is 5.73 Å². The molecular formula is C16H19FN2O2. The highest BCUT2D eigenvalue weighted by atomic mass is 19.1. The lowest BCUT2D eigenvalue weighted by atomic mass is 10.0. The van der Waals surface area contributed by atoms with E-state index in [1.165, 1.54) is 18.2 Å². The first kappa shape index (κ1) is 15.5. The van der Waals surface area contributed by atoms with Gasteiger partial charge in [-0.1, -0.05) is 18.8 Å². The van der Waals surface area contributed by atoms with E-state index in [2.05, 4.69) is 11.8 Å². The highest BCUT2D eigenvalue weighted by molar-refractivity contribution is 5.97. The zero-order chi connectivity index (χ0) is 15.2. The molecule has 0 saturated carbocycles. The van der Waals surface area contributed by atoms with Crippen LogP contribution in [0.25, 0.3) is 0 Å². The van der Waals surface area contributed by atoms with Crippen LogP contribution in [0.3, 0.4) is 0 Å². The molecule has 0 radical (unpaired) electrons. The van der Waals surface area contributed by atoms with Gasteiger partial charge in [-0.05, 0) is 24.6 Å². The van der Waals surface area contributed by atoms with E-state index in [-0.39, 0.29) is 24.1 Å². The van der Waals surface area contributed by atoms with Crippen molar-refractivity contribution in [1.82, 2.24) is 4.90 Å². The van der Waals surface area contributed by atoms with Gasteiger partial charge in [-0.2, -0.15) is 0 Å². The molecule has 4 nitrogen and oxygen atoms in total. The first-order valence-corrected chi connectivity index (χ1v) is 7.04. The second-order valence-electron chi connectivity index (χ2n) is 4.83. The van der Waals surface area contributed by atoms with Gasteiger partial charge in [-0.3, -0.25) is 4.79 Å². The van der Waals surface area contributed by atoms with Gasteiger partial charge in [0.15, 0.2) is 0 Å². The minimum Gasteiger partial charge on any atom is -0.377 e. The Bertz CT molecular complexity index is 577. The predicted octanol–water partition coefficient (Wildman–Crippen LogP) is 1.39. The summed E-state index contributed by atoms with van der Waals surface area (Å²) in [6.45, 7) is 3.72. The van der Waals surface area contributed by atoms with Gasteiger partial charge in [0.2, 0.25) is 0 Å². The van der Waals surface area contributed by atoms with Crippen molar-refractivity contribution in [1.29, 1.82) is 0 Å². The molecule has 21 heavy (non-hydrogen) atoms. The Morgan fingerprint density at radius 2 is 2.38 bits per heavy atom. The number of nitrogens with two attached hydrogens (primary N) is 1. The average molecular weight is 290 g/mol. The molecule has 0 bridgehead atoms. The molecule has 5 heteroatoms. The van der Waals surface area contributed by atoms with Crippen molar-refractivity contribution in [3.63, 3.8) is 0 Å². The Morgan fingerprint density at radius 3 is 3.10 bits per heavy atom. The summed E-state index contributed by atoms with van der Waals surface area (Å²) in [4.78, 5) is 14.5. The molecule has 0 aromatic heterocycles. The summed E-state index contributed by atoms with van der Waals surface area (Å²) < 4.78 is 18.9. The van der Waals surface area contributed by atoms with Gasteiger partial charge in [0.1, 0.15) is 5.82 Å². The van der Waals surface area contributed by atoms with E-state index >= 15 is 0 Å². The van der Waals surface area contributed by atoms with Crippen molar-refractivity contribution < 1.29 is 13.9 Å². The Kier molecular flexibility index (Phi) is 5.32. The number of carbonyl (C=O) groups excluding carboxylic acids is 1. The Labute approximate surface area is 124 Å². The molecule has 1 fully saturated rings. The number of hydrogen-bond acceptors (Lipinski definition) is 3. The lowest BCUT2D eigenvalue weighted by Crippen LogP contribution is -2.48. The number of ether oxygens (including phenoxy) is 1. The largest absolute Gasteiger partial charge is 0.377 e. The minimum atomic E-state index is -0.446. The maximum atomic E-state index is 13.5. The topological polar surface area (TPSA) is 55.6 Å². The summed E-state index contributed by atoms with van der Waals surface area (Å²) >= 11 is 0. The van der Waals surface area contributed by atoms with Crippen LogP contribution in [-0.4, -0.2) is 43.2 Å². The molecular weight excluding hydrogens is 271 g/mol. The van der Waals surface area contributed by atoms with Crippen LogP contribution in [0.5, 0.6) is 0 Å². The summed E-state index contributed by atoms with van der Waals surface area (Å²) in [5.41, 5.74) is 6.16. The number of carbonyl (C=O) groups is 1. The standard InChI is InChI=1S/C16H19FN2O2/c1-2-14-11-21-9-8-19(14)16(20)15-10-13(17)6-5-12(15)4-3-7-18/h5-6,10,14H,2,7-9,11,18H2,1H3. The predicted molar refractivity (Wildman–Crippen MR) is 78.3 cm³/mol. The minimum absolute atomic E-state index is 0.0184. The van der Waals surface area contributed by atoms with Crippen molar-refractivity contribution in [2.24, 2.45) is 5.73 Å². The number of rotatable bonds is 2. The Morgan fingerprint density at radius 1 is 1.57 bits per heavy atom. The van der Waals surface area contributed by atoms with Gasteiger partial charge in [0.25, 0.3) is 5.91 Å². The van der Waals surface area contributed by atoms with Crippen LogP contribution in [0.4, 0.5) is 4.39 Å². The van der Waals surface area contributed by atoms with Crippen LogP contribution in [0, 0.1) is 17.7 Å². The fraction of sp³-hybridized carbons (Fsp3) is 0.438. The number of halogens is 1. The van der Waals surface area contributed by atoms with E-state index in [1.54, 1.807) is 4.90 Å². The summed E-state index contributed by atoms with van der Waals surface area (Å²) in [6.07, 6.45) is 0.796. The molecule has 1 heterocycles. The second-order valence-corrected chi connectivity index (χ2v) is 4.83. The third-order valence-corrected chi connectivity index (χ3v) is 3.50. The summed E-state index contributed by atoms with van der Waals surface area (Å²) in [5, 5.41) is 0. The second kappa shape index (κ2) is 7.21. The van der Waals surface area contributed by atoms with Crippen LogP contribution in [0.1, 0.15) is 29.3 Å². The molecule has 0 spiro atoms. The summed E-state index contributed by atoms with van der Waals surface area (Å²) in [5.74, 6) is 4.89.